The zero-order valence-corrected chi connectivity index (χ0v) is 14.0. The minimum absolute atomic E-state index is 0.170. The summed E-state index contributed by atoms with van der Waals surface area (Å²) in [4.78, 5) is 16.2. The Hall–Kier alpha value is -3.41. The topological polar surface area (TPSA) is 63.2 Å². The maximum absolute atomic E-state index is 13.2. The SMILES string of the molecule is O=C(NCc1ccccc1)Nc1ncccc1OCc1cccc(F)c1. The van der Waals surface area contributed by atoms with Gasteiger partial charge in [0.05, 0.1) is 0 Å². The molecule has 0 aliphatic rings. The van der Waals surface area contributed by atoms with E-state index in [1.165, 1.54) is 12.1 Å². The van der Waals surface area contributed by atoms with Crippen LogP contribution in [0.2, 0.25) is 0 Å². The van der Waals surface area contributed by atoms with Gasteiger partial charge >= 0.3 is 6.03 Å². The number of carbonyl (C=O) groups excluding carboxylic acids is 1. The van der Waals surface area contributed by atoms with Crippen molar-refractivity contribution in [2.75, 3.05) is 5.32 Å². The van der Waals surface area contributed by atoms with Crippen LogP contribution in [0.5, 0.6) is 5.75 Å². The fourth-order valence-corrected chi connectivity index (χ4v) is 2.32. The minimum atomic E-state index is -0.386. The van der Waals surface area contributed by atoms with Gasteiger partial charge in [0.15, 0.2) is 11.6 Å². The number of rotatable bonds is 6. The first kappa shape index (κ1) is 17.4. The van der Waals surface area contributed by atoms with Gasteiger partial charge in [-0.25, -0.2) is 14.2 Å². The molecule has 2 amide bonds. The number of halogens is 1. The van der Waals surface area contributed by atoms with Crippen LogP contribution in [-0.4, -0.2) is 11.0 Å². The number of anilines is 1. The normalized spacial score (nSPS) is 10.2. The Kier molecular flexibility index (Phi) is 5.77. The molecule has 0 aliphatic carbocycles. The molecule has 3 rings (SSSR count). The Morgan fingerprint density at radius 3 is 2.62 bits per heavy atom. The predicted molar refractivity (Wildman–Crippen MR) is 97.3 cm³/mol. The summed E-state index contributed by atoms with van der Waals surface area (Å²) in [7, 11) is 0. The summed E-state index contributed by atoms with van der Waals surface area (Å²) >= 11 is 0. The zero-order valence-electron chi connectivity index (χ0n) is 14.0. The Morgan fingerprint density at radius 1 is 1.00 bits per heavy atom. The van der Waals surface area contributed by atoms with Crippen LogP contribution in [0.4, 0.5) is 15.0 Å². The van der Waals surface area contributed by atoms with Crippen LogP contribution in [0.3, 0.4) is 0 Å². The van der Waals surface area contributed by atoms with Crippen molar-refractivity contribution in [2.45, 2.75) is 13.2 Å². The van der Waals surface area contributed by atoms with Gasteiger partial charge in [0, 0.05) is 12.7 Å². The Morgan fingerprint density at radius 2 is 1.81 bits per heavy atom. The highest BCUT2D eigenvalue weighted by molar-refractivity contribution is 5.89. The molecule has 0 unspecified atom stereocenters. The average Bonchev–Trinajstić information content (AvgIpc) is 2.67. The molecular weight excluding hydrogens is 333 g/mol. The summed E-state index contributed by atoms with van der Waals surface area (Å²) in [6, 6.07) is 18.7. The van der Waals surface area contributed by atoms with Crippen molar-refractivity contribution in [3.8, 4) is 5.75 Å². The van der Waals surface area contributed by atoms with E-state index >= 15 is 0 Å². The van der Waals surface area contributed by atoms with Crippen LogP contribution >= 0.6 is 0 Å². The summed E-state index contributed by atoms with van der Waals surface area (Å²) in [5.41, 5.74) is 1.68. The summed E-state index contributed by atoms with van der Waals surface area (Å²) < 4.78 is 18.9. The van der Waals surface area contributed by atoms with Crippen molar-refractivity contribution < 1.29 is 13.9 Å². The summed E-state index contributed by atoms with van der Waals surface area (Å²) in [5, 5.41) is 5.43. The molecule has 0 saturated heterocycles. The Balaban J connectivity index is 1.58. The van der Waals surface area contributed by atoms with Crippen molar-refractivity contribution in [3.63, 3.8) is 0 Å². The van der Waals surface area contributed by atoms with E-state index in [9.17, 15) is 9.18 Å². The van der Waals surface area contributed by atoms with Gasteiger partial charge in [0.2, 0.25) is 0 Å². The number of pyridine rings is 1. The highest BCUT2D eigenvalue weighted by Gasteiger charge is 2.09. The number of benzene rings is 2. The standard InChI is InChI=1S/C20H18FN3O2/c21-17-9-4-8-16(12-17)14-26-18-10-5-11-22-19(18)24-20(25)23-13-15-6-2-1-3-7-15/h1-12H,13-14H2,(H2,22,23,24,25). The molecular formula is C20H18FN3O2. The maximum atomic E-state index is 13.2. The lowest BCUT2D eigenvalue weighted by atomic mass is 10.2. The number of hydrogen-bond donors (Lipinski definition) is 2. The first-order valence-electron chi connectivity index (χ1n) is 8.12. The summed E-state index contributed by atoms with van der Waals surface area (Å²) in [6.07, 6.45) is 1.56. The lowest BCUT2D eigenvalue weighted by molar-refractivity contribution is 0.251. The predicted octanol–water partition coefficient (Wildman–Crippen LogP) is 4.12. The first-order chi connectivity index (χ1) is 12.7. The molecule has 132 valence electrons. The van der Waals surface area contributed by atoms with Gasteiger partial charge in [0.25, 0.3) is 0 Å². The third kappa shape index (κ3) is 5.04. The van der Waals surface area contributed by atoms with E-state index in [0.29, 0.717) is 23.7 Å². The van der Waals surface area contributed by atoms with E-state index in [0.717, 1.165) is 5.56 Å². The molecule has 0 aliphatic heterocycles. The number of amides is 2. The summed E-state index contributed by atoms with van der Waals surface area (Å²) in [6.45, 7) is 0.572. The lowest BCUT2D eigenvalue weighted by Gasteiger charge is -2.12. The van der Waals surface area contributed by atoms with Crippen molar-refractivity contribution in [1.82, 2.24) is 10.3 Å². The van der Waals surface area contributed by atoms with Gasteiger partial charge in [-0.1, -0.05) is 42.5 Å². The molecule has 0 spiro atoms. The third-order valence-electron chi connectivity index (χ3n) is 3.58. The molecule has 5 nitrogen and oxygen atoms in total. The second kappa shape index (κ2) is 8.62. The molecule has 2 N–H and O–H groups in total. The van der Waals surface area contributed by atoms with Gasteiger partial charge in [-0.3, -0.25) is 5.32 Å². The molecule has 1 aromatic heterocycles. The molecule has 0 atom stereocenters. The van der Waals surface area contributed by atoms with Gasteiger partial charge in [0.1, 0.15) is 12.4 Å². The minimum Gasteiger partial charge on any atom is -0.485 e. The van der Waals surface area contributed by atoms with Gasteiger partial charge < -0.3 is 10.1 Å². The van der Waals surface area contributed by atoms with E-state index in [1.54, 1.807) is 30.5 Å². The largest absolute Gasteiger partial charge is 0.485 e. The molecule has 2 aromatic carbocycles. The quantitative estimate of drug-likeness (QED) is 0.702. The van der Waals surface area contributed by atoms with Crippen LogP contribution < -0.4 is 15.4 Å². The molecule has 6 heteroatoms. The van der Waals surface area contributed by atoms with Crippen LogP contribution in [-0.2, 0) is 13.2 Å². The number of nitrogens with one attached hydrogen (secondary N) is 2. The van der Waals surface area contributed by atoms with Crippen molar-refractivity contribution in [1.29, 1.82) is 0 Å². The van der Waals surface area contributed by atoms with Crippen molar-refractivity contribution >= 4 is 11.8 Å². The first-order valence-corrected chi connectivity index (χ1v) is 8.12. The Bertz CT molecular complexity index is 872. The van der Waals surface area contributed by atoms with Gasteiger partial charge in [-0.2, -0.15) is 0 Å². The van der Waals surface area contributed by atoms with E-state index in [4.69, 9.17) is 4.74 Å². The molecule has 26 heavy (non-hydrogen) atoms. The monoisotopic (exact) mass is 351 g/mol. The third-order valence-corrected chi connectivity index (χ3v) is 3.58. The molecule has 0 saturated carbocycles. The lowest BCUT2D eigenvalue weighted by Crippen LogP contribution is -2.28. The van der Waals surface area contributed by atoms with Gasteiger partial charge in [-0.15, -0.1) is 0 Å². The fourth-order valence-electron chi connectivity index (χ4n) is 2.32. The number of carbonyl (C=O) groups is 1. The second-order valence-corrected chi connectivity index (χ2v) is 5.56. The number of urea groups is 1. The average molecular weight is 351 g/mol. The van der Waals surface area contributed by atoms with E-state index < -0.39 is 0 Å². The molecule has 0 radical (unpaired) electrons. The molecule has 0 bridgehead atoms. The van der Waals surface area contributed by atoms with E-state index in [-0.39, 0.29) is 18.5 Å². The molecule has 3 aromatic rings. The smallest absolute Gasteiger partial charge is 0.320 e. The van der Waals surface area contributed by atoms with Gasteiger partial charge in [-0.05, 0) is 35.4 Å². The van der Waals surface area contributed by atoms with Crippen molar-refractivity contribution in [2.24, 2.45) is 0 Å². The van der Waals surface area contributed by atoms with Crippen LogP contribution in [0.1, 0.15) is 11.1 Å². The van der Waals surface area contributed by atoms with E-state index in [1.807, 2.05) is 30.3 Å². The maximum Gasteiger partial charge on any atom is 0.320 e. The summed E-state index contributed by atoms with van der Waals surface area (Å²) in [5.74, 6) is 0.386. The highest BCUT2D eigenvalue weighted by Crippen LogP contribution is 2.22. The van der Waals surface area contributed by atoms with Crippen LogP contribution in [0.15, 0.2) is 72.9 Å². The van der Waals surface area contributed by atoms with E-state index in [2.05, 4.69) is 15.6 Å². The van der Waals surface area contributed by atoms with Crippen LogP contribution in [0.25, 0.3) is 0 Å². The van der Waals surface area contributed by atoms with Crippen LogP contribution in [0, 0.1) is 5.82 Å². The molecule has 0 fully saturated rings. The Labute approximate surface area is 150 Å². The fraction of sp³-hybridized carbons (Fsp3) is 0.100. The molecule has 1 heterocycles. The number of hydrogen-bond acceptors (Lipinski definition) is 3. The zero-order chi connectivity index (χ0) is 18.2. The number of aromatic nitrogens is 1. The second-order valence-electron chi connectivity index (χ2n) is 5.56. The van der Waals surface area contributed by atoms with Crippen molar-refractivity contribution in [3.05, 3.63) is 89.9 Å². The number of ether oxygens (including phenoxy) is 1. The number of nitrogens with zero attached hydrogens (tertiary/aromatic N) is 1. The highest BCUT2D eigenvalue weighted by atomic mass is 19.1.